The minimum atomic E-state index is 0.669. The lowest BCUT2D eigenvalue weighted by atomic mass is 10.1. The van der Waals surface area contributed by atoms with Crippen LogP contribution in [0, 0.1) is 0 Å². The van der Waals surface area contributed by atoms with Gasteiger partial charge in [-0.15, -0.1) is 0 Å². The third-order valence-electron chi connectivity index (χ3n) is 1.92. The van der Waals surface area contributed by atoms with Gasteiger partial charge in [0.2, 0.25) is 0 Å². The molecule has 0 unspecified atom stereocenters. The average molecular weight is 184 g/mol. The van der Waals surface area contributed by atoms with Gasteiger partial charge < -0.3 is 0 Å². The fourth-order valence-electron chi connectivity index (χ4n) is 1.19. The van der Waals surface area contributed by atoms with Crippen molar-refractivity contribution in [3.8, 4) is 11.3 Å². The molecule has 1 aromatic carbocycles. The van der Waals surface area contributed by atoms with Crippen LogP contribution >= 0.6 is 0 Å². The molecule has 0 spiro atoms. The molecule has 3 nitrogen and oxygen atoms in total. The first kappa shape index (κ1) is 8.56. The van der Waals surface area contributed by atoms with E-state index in [2.05, 4.69) is 9.97 Å². The predicted molar refractivity (Wildman–Crippen MR) is 52.9 cm³/mol. The largest absolute Gasteiger partial charge is 0.298 e. The minimum Gasteiger partial charge on any atom is -0.298 e. The Kier molecular flexibility index (Phi) is 2.32. The molecule has 0 N–H and O–H groups in total. The summed E-state index contributed by atoms with van der Waals surface area (Å²) in [7, 11) is 0. The maximum Gasteiger partial charge on any atom is 0.150 e. The molecule has 0 aliphatic carbocycles. The zero-order valence-corrected chi connectivity index (χ0v) is 7.42. The van der Waals surface area contributed by atoms with E-state index in [4.69, 9.17) is 0 Å². The van der Waals surface area contributed by atoms with Crippen LogP contribution in [0.25, 0.3) is 11.3 Å². The molecule has 0 aliphatic heterocycles. The number of nitrogens with zero attached hydrogens (tertiary/aromatic N) is 2. The summed E-state index contributed by atoms with van der Waals surface area (Å²) >= 11 is 0. The van der Waals surface area contributed by atoms with Crippen molar-refractivity contribution in [2.75, 3.05) is 0 Å². The average Bonchev–Trinajstić information content (AvgIpc) is 2.30. The van der Waals surface area contributed by atoms with Gasteiger partial charge in [0, 0.05) is 17.3 Å². The quantitative estimate of drug-likeness (QED) is 0.670. The van der Waals surface area contributed by atoms with E-state index in [1.165, 1.54) is 6.33 Å². The van der Waals surface area contributed by atoms with E-state index < -0.39 is 0 Å². The van der Waals surface area contributed by atoms with Gasteiger partial charge in [0.05, 0.1) is 5.69 Å². The lowest BCUT2D eigenvalue weighted by molar-refractivity contribution is 0.112. The summed E-state index contributed by atoms with van der Waals surface area (Å²) in [5.74, 6) is 0. The summed E-state index contributed by atoms with van der Waals surface area (Å²) in [5, 5.41) is 0. The highest BCUT2D eigenvalue weighted by atomic mass is 16.1. The molecule has 3 heteroatoms. The first-order valence-electron chi connectivity index (χ1n) is 4.22. The third-order valence-corrected chi connectivity index (χ3v) is 1.92. The molecular formula is C11H8N2O. The molecule has 68 valence electrons. The Balaban J connectivity index is 2.39. The standard InChI is InChI=1S/C11H8N2O/c14-7-9-1-3-10(4-2-9)11-5-6-12-8-13-11/h1-8H. The van der Waals surface area contributed by atoms with Crippen LogP contribution in [0.15, 0.2) is 42.9 Å². The van der Waals surface area contributed by atoms with E-state index in [0.717, 1.165) is 17.5 Å². The Morgan fingerprint density at radius 1 is 1.07 bits per heavy atom. The summed E-state index contributed by atoms with van der Waals surface area (Å²) in [6, 6.07) is 9.10. The molecule has 1 aromatic heterocycles. The summed E-state index contributed by atoms with van der Waals surface area (Å²) in [4.78, 5) is 18.4. The Morgan fingerprint density at radius 3 is 2.43 bits per heavy atom. The number of hydrogen-bond donors (Lipinski definition) is 0. The van der Waals surface area contributed by atoms with Crippen LogP contribution in [0.2, 0.25) is 0 Å². The molecule has 14 heavy (non-hydrogen) atoms. The van der Waals surface area contributed by atoms with Gasteiger partial charge in [0.15, 0.2) is 0 Å². The first-order valence-corrected chi connectivity index (χ1v) is 4.22. The molecule has 0 saturated heterocycles. The van der Waals surface area contributed by atoms with E-state index >= 15 is 0 Å². The number of carbonyl (C=O) groups is 1. The number of rotatable bonds is 2. The number of aldehydes is 1. The van der Waals surface area contributed by atoms with Gasteiger partial charge in [0.25, 0.3) is 0 Å². The summed E-state index contributed by atoms with van der Waals surface area (Å²) < 4.78 is 0. The van der Waals surface area contributed by atoms with E-state index in [9.17, 15) is 4.79 Å². The molecule has 1 heterocycles. The van der Waals surface area contributed by atoms with Crippen molar-refractivity contribution >= 4 is 6.29 Å². The molecule has 0 aliphatic rings. The highest BCUT2D eigenvalue weighted by Gasteiger charge is 1.97. The van der Waals surface area contributed by atoms with Crippen LogP contribution < -0.4 is 0 Å². The topological polar surface area (TPSA) is 42.9 Å². The van der Waals surface area contributed by atoms with E-state index in [-0.39, 0.29) is 0 Å². The molecule has 2 rings (SSSR count). The molecule has 0 saturated carbocycles. The molecule has 2 aromatic rings. The number of hydrogen-bond acceptors (Lipinski definition) is 3. The minimum absolute atomic E-state index is 0.669. The van der Waals surface area contributed by atoms with Crippen molar-refractivity contribution in [2.45, 2.75) is 0 Å². The van der Waals surface area contributed by atoms with Crippen molar-refractivity contribution < 1.29 is 4.79 Å². The third kappa shape index (κ3) is 1.66. The maximum atomic E-state index is 10.4. The number of carbonyl (C=O) groups excluding carboxylic acids is 1. The maximum absolute atomic E-state index is 10.4. The Morgan fingerprint density at radius 2 is 1.86 bits per heavy atom. The Hall–Kier alpha value is -2.03. The van der Waals surface area contributed by atoms with Crippen molar-refractivity contribution in [3.63, 3.8) is 0 Å². The lowest BCUT2D eigenvalue weighted by Crippen LogP contribution is -1.84. The van der Waals surface area contributed by atoms with Crippen LogP contribution in [0.5, 0.6) is 0 Å². The molecule has 0 atom stereocenters. The zero-order valence-electron chi connectivity index (χ0n) is 7.42. The Bertz CT molecular complexity index is 423. The smallest absolute Gasteiger partial charge is 0.150 e. The van der Waals surface area contributed by atoms with Crippen LogP contribution in [0.3, 0.4) is 0 Å². The molecule has 0 fully saturated rings. The molecule has 0 radical (unpaired) electrons. The lowest BCUT2D eigenvalue weighted by Gasteiger charge is -1.98. The van der Waals surface area contributed by atoms with Gasteiger partial charge in [-0.3, -0.25) is 4.79 Å². The SMILES string of the molecule is O=Cc1ccc(-c2ccncn2)cc1. The highest BCUT2D eigenvalue weighted by Crippen LogP contribution is 2.15. The summed E-state index contributed by atoms with van der Waals surface area (Å²) in [6.07, 6.45) is 4.02. The molecule has 0 bridgehead atoms. The number of aromatic nitrogens is 2. The van der Waals surface area contributed by atoms with Crippen LogP contribution in [0.4, 0.5) is 0 Å². The van der Waals surface area contributed by atoms with Gasteiger partial charge in [0.1, 0.15) is 12.6 Å². The highest BCUT2D eigenvalue weighted by molar-refractivity contribution is 5.76. The monoisotopic (exact) mass is 184 g/mol. The second kappa shape index (κ2) is 3.79. The predicted octanol–water partition coefficient (Wildman–Crippen LogP) is 1.96. The Labute approximate surface area is 81.5 Å². The molecular weight excluding hydrogens is 176 g/mol. The van der Waals surface area contributed by atoms with Gasteiger partial charge in [-0.05, 0) is 6.07 Å². The van der Waals surface area contributed by atoms with Gasteiger partial charge >= 0.3 is 0 Å². The van der Waals surface area contributed by atoms with Crippen molar-refractivity contribution in [3.05, 3.63) is 48.4 Å². The van der Waals surface area contributed by atoms with Crippen LogP contribution in [-0.2, 0) is 0 Å². The second-order valence-electron chi connectivity index (χ2n) is 2.83. The van der Waals surface area contributed by atoms with Crippen LogP contribution in [0.1, 0.15) is 10.4 Å². The number of benzene rings is 1. The summed E-state index contributed by atoms with van der Waals surface area (Å²) in [6.45, 7) is 0. The van der Waals surface area contributed by atoms with Gasteiger partial charge in [-0.25, -0.2) is 9.97 Å². The van der Waals surface area contributed by atoms with Crippen molar-refractivity contribution in [1.29, 1.82) is 0 Å². The van der Waals surface area contributed by atoms with Crippen molar-refractivity contribution in [1.82, 2.24) is 9.97 Å². The zero-order chi connectivity index (χ0) is 9.80. The second-order valence-corrected chi connectivity index (χ2v) is 2.83. The van der Waals surface area contributed by atoms with Gasteiger partial charge in [-0.2, -0.15) is 0 Å². The summed E-state index contributed by atoms with van der Waals surface area (Å²) in [5.41, 5.74) is 2.51. The first-order chi connectivity index (χ1) is 6.90. The normalized spacial score (nSPS) is 9.71. The van der Waals surface area contributed by atoms with Gasteiger partial charge in [-0.1, -0.05) is 24.3 Å². The molecule has 0 amide bonds. The fraction of sp³-hybridized carbons (Fsp3) is 0. The van der Waals surface area contributed by atoms with Crippen molar-refractivity contribution in [2.24, 2.45) is 0 Å². The van der Waals surface area contributed by atoms with Crippen LogP contribution in [-0.4, -0.2) is 16.3 Å². The van der Waals surface area contributed by atoms with E-state index in [0.29, 0.717) is 5.56 Å². The van der Waals surface area contributed by atoms with E-state index in [1.807, 2.05) is 18.2 Å². The van der Waals surface area contributed by atoms with E-state index in [1.54, 1.807) is 18.3 Å². The fourth-order valence-corrected chi connectivity index (χ4v) is 1.19.